The van der Waals surface area contributed by atoms with Crippen LogP contribution in [0, 0.1) is 6.92 Å². The van der Waals surface area contributed by atoms with Crippen LogP contribution < -0.4 is 4.74 Å². The molecule has 3 heteroatoms. The molecular weight excluding hydrogens is 336 g/mol. The maximum Gasteiger partial charge on any atom is 0.146 e. The molecule has 0 heterocycles. The Hall–Kier alpha value is -0.990. The third kappa shape index (κ3) is 3.56. The van der Waals surface area contributed by atoms with Crippen molar-refractivity contribution < 1.29 is 4.74 Å². The molecule has 0 atom stereocenters. The highest BCUT2D eigenvalue weighted by atomic mass is 79.9. The minimum absolute atomic E-state index is 0.519. The van der Waals surface area contributed by atoms with Gasteiger partial charge in [-0.3, -0.25) is 0 Å². The first-order valence-corrected chi connectivity index (χ1v) is 8.14. The van der Waals surface area contributed by atoms with Crippen LogP contribution >= 0.6 is 27.5 Å². The lowest BCUT2D eigenvalue weighted by atomic mass is 9.98. The monoisotopic (exact) mass is 352 g/mol. The molecule has 0 bridgehead atoms. The predicted molar refractivity (Wildman–Crippen MR) is 89.4 cm³/mol. The molecule has 0 amide bonds. The van der Waals surface area contributed by atoms with Crippen molar-refractivity contribution in [1.29, 1.82) is 0 Å². The van der Waals surface area contributed by atoms with E-state index in [4.69, 9.17) is 16.3 Å². The van der Waals surface area contributed by atoms with Crippen LogP contribution in [0.3, 0.4) is 0 Å². The largest absolute Gasteiger partial charge is 0.456 e. The average Bonchev–Trinajstić information content (AvgIpc) is 2.40. The van der Waals surface area contributed by atoms with E-state index in [1.807, 2.05) is 24.3 Å². The molecule has 106 valence electrons. The van der Waals surface area contributed by atoms with E-state index in [1.165, 1.54) is 11.1 Å². The molecule has 0 aliphatic rings. The topological polar surface area (TPSA) is 9.23 Å². The molecule has 0 unspecified atom stereocenters. The van der Waals surface area contributed by atoms with Crippen LogP contribution in [0.25, 0.3) is 0 Å². The molecule has 0 spiro atoms. The van der Waals surface area contributed by atoms with Crippen molar-refractivity contribution in [2.24, 2.45) is 0 Å². The minimum Gasteiger partial charge on any atom is -0.456 e. The highest BCUT2D eigenvalue weighted by molar-refractivity contribution is 9.08. The van der Waals surface area contributed by atoms with Crippen molar-refractivity contribution >= 4 is 27.5 Å². The van der Waals surface area contributed by atoms with Gasteiger partial charge in [0.05, 0.1) is 5.02 Å². The van der Waals surface area contributed by atoms with Crippen molar-refractivity contribution in [3.8, 4) is 11.5 Å². The lowest BCUT2D eigenvalue weighted by Gasteiger charge is -2.13. The Balaban J connectivity index is 2.24. The van der Waals surface area contributed by atoms with Crippen molar-refractivity contribution in [3.05, 3.63) is 58.1 Å². The molecule has 0 fully saturated rings. The van der Waals surface area contributed by atoms with E-state index in [9.17, 15) is 0 Å². The molecule has 0 aromatic heterocycles. The fraction of sp³-hybridized carbons (Fsp3) is 0.294. The Bertz CT molecular complexity index is 608. The van der Waals surface area contributed by atoms with Gasteiger partial charge in [0.1, 0.15) is 11.5 Å². The van der Waals surface area contributed by atoms with E-state index >= 15 is 0 Å². The first kappa shape index (κ1) is 15.4. The van der Waals surface area contributed by atoms with Gasteiger partial charge >= 0.3 is 0 Å². The van der Waals surface area contributed by atoms with Crippen LogP contribution in [0.1, 0.15) is 36.5 Å². The Morgan fingerprint density at radius 1 is 1.15 bits per heavy atom. The fourth-order valence-corrected chi connectivity index (χ4v) is 2.79. The van der Waals surface area contributed by atoms with Gasteiger partial charge in [0, 0.05) is 5.33 Å². The Labute approximate surface area is 134 Å². The van der Waals surface area contributed by atoms with Crippen molar-refractivity contribution in [3.63, 3.8) is 0 Å². The zero-order chi connectivity index (χ0) is 14.7. The molecule has 2 aromatic carbocycles. The third-order valence-corrected chi connectivity index (χ3v) is 4.18. The van der Waals surface area contributed by atoms with Crippen LogP contribution in [0.5, 0.6) is 11.5 Å². The van der Waals surface area contributed by atoms with E-state index in [1.54, 1.807) is 0 Å². The number of hydrogen-bond acceptors (Lipinski definition) is 1. The summed E-state index contributed by atoms with van der Waals surface area (Å²) in [6, 6.07) is 12.0. The maximum absolute atomic E-state index is 6.23. The van der Waals surface area contributed by atoms with E-state index in [0.29, 0.717) is 16.7 Å². The first-order valence-electron chi connectivity index (χ1n) is 6.64. The Kier molecular flexibility index (Phi) is 5.11. The lowest BCUT2D eigenvalue weighted by Crippen LogP contribution is -1.93. The van der Waals surface area contributed by atoms with Gasteiger partial charge in [-0.1, -0.05) is 53.5 Å². The number of ether oxygens (including phenoxy) is 1. The van der Waals surface area contributed by atoms with E-state index in [2.05, 4.69) is 48.8 Å². The second-order valence-electron chi connectivity index (χ2n) is 5.17. The predicted octanol–water partition coefficient (Wildman–Crippen LogP) is 6.46. The molecule has 0 saturated heterocycles. The van der Waals surface area contributed by atoms with E-state index < -0.39 is 0 Å². The summed E-state index contributed by atoms with van der Waals surface area (Å²) in [4.78, 5) is 0. The molecule has 0 aliphatic heterocycles. The molecule has 0 N–H and O–H groups in total. The van der Waals surface area contributed by atoms with Crippen LogP contribution in [0.15, 0.2) is 36.4 Å². The molecule has 1 nitrogen and oxygen atoms in total. The molecule has 0 radical (unpaired) electrons. The van der Waals surface area contributed by atoms with Crippen molar-refractivity contribution in [1.82, 2.24) is 0 Å². The summed E-state index contributed by atoms with van der Waals surface area (Å²) < 4.78 is 5.88. The zero-order valence-electron chi connectivity index (χ0n) is 11.9. The van der Waals surface area contributed by atoms with Crippen LogP contribution in [-0.4, -0.2) is 0 Å². The van der Waals surface area contributed by atoms with Crippen molar-refractivity contribution in [2.45, 2.75) is 32.0 Å². The fourth-order valence-electron chi connectivity index (χ4n) is 2.20. The SMILES string of the molecule is Cc1cc(Oc2ccc(CBr)cc2Cl)ccc1C(C)C. The smallest absolute Gasteiger partial charge is 0.146 e. The van der Waals surface area contributed by atoms with Crippen molar-refractivity contribution in [2.75, 3.05) is 0 Å². The molecule has 2 rings (SSSR count). The van der Waals surface area contributed by atoms with Gasteiger partial charge in [-0.25, -0.2) is 0 Å². The standard InChI is InChI=1S/C17H18BrClO/c1-11(2)15-6-5-14(8-12(15)3)20-17-7-4-13(10-18)9-16(17)19/h4-9,11H,10H2,1-3H3. The molecule has 20 heavy (non-hydrogen) atoms. The lowest BCUT2D eigenvalue weighted by molar-refractivity contribution is 0.482. The van der Waals surface area contributed by atoms with Gasteiger partial charge in [-0.15, -0.1) is 0 Å². The van der Waals surface area contributed by atoms with Crippen LogP contribution in [0.4, 0.5) is 0 Å². The summed E-state index contributed by atoms with van der Waals surface area (Å²) in [6.07, 6.45) is 0. The van der Waals surface area contributed by atoms with Gasteiger partial charge in [-0.05, 0) is 53.8 Å². The highest BCUT2D eigenvalue weighted by Gasteiger charge is 2.07. The number of hydrogen-bond donors (Lipinski definition) is 0. The number of aryl methyl sites for hydroxylation is 1. The number of halogens is 2. The van der Waals surface area contributed by atoms with E-state index in [-0.39, 0.29) is 0 Å². The molecule has 0 aliphatic carbocycles. The number of rotatable bonds is 4. The van der Waals surface area contributed by atoms with E-state index in [0.717, 1.165) is 16.6 Å². The maximum atomic E-state index is 6.23. The average molecular weight is 354 g/mol. The second-order valence-corrected chi connectivity index (χ2v) is 6.14. The normalized spacial score (nSPS) is 10.9. The third-order valence-electron chi connectivity index (χ3n) is 3.24. The van der Waals surface area contributed by atoms with Crippen LogP contribution in [-0.2, 0) is 5.33 Å². The van der Waals surface area contributed by atoms with Gasteiger partial charge in [-0.2, -0.15) is 0 Å². The Morgan fingerprint density at radius 2 is 1.90 bits per heavy atom. The summed E-state index contributed by atoms with van der Waals surface area (Å²) in [5.74, 6) is 2.03. The summed E-state index contributed by atoms with van der Waals surface area (Å²) in [7, 11) is 0. The first-order chi connectivity index (χ1) is 9.51. The second kappa shape index (κ2) is 6.64. The number of alkyl halides is 1. The summed E-state index contributed by atoms with van der Waals surface area (Å²) in [5, 5.41) is 1.42. The summed E-state index contributed by atoms with van der Waals surface area (Å²) in [6.45, 7) is 6.50. The van der Waals surface area contributed by atoms with Crippen LogP contribution in [0.2, 0.25) is 5.02 Å². The quantitative estimate of drug-likeness (QED) is 0.573. The molecule has 2 aromatic rings. The van der Waals surface area contributed by atoms with Gasteiger partial charge in [0.25, 0.3) is 0 Å². The molecule has 0 saturated carbocycles. The highest BCUT2D eigenvalue weighted by Crippen LogP contribution is 2.32. The van der Waals surface area contributed by atoms with Gasteiger partial charge in [0.2, 0.25) is 0 Å². The number of benzene rings is 2. The Morgan fingerprint density at radius 3 is 2.45 bits per heavy atom. The van der Waals surface area contributed by atoms with Gasteiger partial charge < -0.3 is 4.74 Å². The minimum atomic E-state index is 0.519. The zero-order valence-corrected chi connectivity index (χ0v) is 14.3. The van der Waals surface area contributed by atoms with Gasteiger partial charge in [0.15, 0.2) is 0 Å². The molecular formula is C17H18BrClO. The summed E-state index contributed by atoms with van der Waals surface area (Å²) in [5.41, 5.74) is 3.72. The summed E-state index contributed by atoms with van der Waals surface area (Å²) >= 11 is 9.65.